The number of sulfone groups is 1. The van der Waals surface area contributed by atoms with Gasteiger partial charge >= 0.3 is 0 Å². The lowest BCUT2D eigenvalue weighted by atomic mass is 9.78. The molecule has 21 heavy (non-hydrogen) atoms. The Balaban J connectivity index is 2.09. The molecule has 120 valence electrons. The molecule has 3 unspecified atom stereocenters. The molecular weight excluding hydrogens is 286 g/mol. The number of nitrogens with one attached hydrogen (secondary N) is 1. The number of nitriles is 1. The van der Waals surface area contributed by atoms with Crippen molar-refractivity contribution in [3.05, 3.63) is 0 Å². The molecule has 2 aliphatic rings. The Morgan fingerprint density at radius 1 is 1.43 bits per heavy atom. The van der Waals surface area contributed by atoms with E-state index in [4.69, 9.17) is 0 Å². The van der Waals surface area contributed by atoms with Crippen LogP contribution in [0.1, 0.15) is 46.5 Å². The zero-order chi connectivity index (χ0) is 15.7. The number of rotatable bonds is 3. The predicted octanol–water partition coefficient (Wildman–Crippen LogP) is 1.31. The zero-order valence-corrected chi connectivity index (χ0v) is 14.1. The zero-order valence-electron chi connectivity index (χ0n) is 13.3. The van der Waals surface area contributed by atoms with E-state index in [-0.39, 0.29) is 23.6 Å². The molecule has 1 aliphatic carbocycles. The Bertz CT molecular complexity index is 512. The summed E-state index contributed by atoms with van der Waals surface area (Å²) in [4.78, 5) is 2.31. The van der Waals surface area contributed by atoms with Crippen molar-refractivity contribution in [2.45, 2.75) is 70.1 Å². The second-order valence-electron chi connectivity index (χ2n) is 6.94. The molecule has 0 amide bonds. The lowest BCUT2D eigenvalue weighted by molar-refractivity contribution is 0.0926. The van der Waals surface area contributed by atoms with E-state index in [1.165, 1.54) is 0 Å². The molecule has 2 fully saturated rings. The van der Waals surface area contributed by atoms with Crippen molar-refractivity contribution >= 4 is 9.84 Å². The molecule has 0 aromatic heterocycles. The molecular formula is C15H27N3O2S. The Kier molecular flexibility index (Phi) is 4.96. The summed E-state index contributed by atoms with van der Waals surface area (Å²) in [6, 6.07) is 3.15. The van der Waals surface area contributed by atoms with Crippen molar-refractivity contribution in [2.75, 3.05) is 18.1 Å². The van der Waals surface area contributed by atoms with Crippen molar-refractivity contribution in [1.82, 2.24) is 10.2 Å². The highest BCUT2D eigenvalue weighted by Gasteiger charge is 2.41. The van der Waals surface area contributed by atoms with E-state index in [0.29, 0.717) is 12.6 Å². The monoisotopic (exact) mass is 313 g/mol. The Hall–Kier alpha value is -0.640. The summed E-state index contributed by atoms with van der Waals surface area (Å²) in [6.07, 6.45) is 3.77. The van der Waals surface area contributed by atoms with Crippen LogP contribution in [0.5, 0.6) is 0 Å². The van der Waals surface area contributed by atoms with Gasteiger partial charge in [-0.25, -0.2) is 8.42 Å². The summed E-state index contributed by atoms with van der Waals surface area (Å²) in [5, 5.41) is 13.1. The van der Waals surface area contributed by atoms with E-state index < -0.39 is 15.4 Å². The topological polar surface area (TPSA) is 73.2 Å². The summed E-state index contributed by atoms with van der Waals surface area (Å²) in [5.41, 5.74) is -0.451. The molecule has 5 nitrogen and oxygen atoms in total. The number of nitrogens with zero attached hydrogens (tertiary/aromatic N) is 2. The molecule has 1 saturated heterocycles. The first-order chi connectivity index (χ1) is 9.77. The summed E-state index contributed by atoms with van der Waals surface area (Å²) < 4.78 is 23.5. The summed E-state index contributed by atoms with van der Waals surface area (Å²) >= 11 is 0. The maximum absolute atomic E-state index is 11.7. The highest BCUT2D eigenvalue weighted by atomic mass is 32.2. The van der Waals surface area contributed by atoms with Crippen LogP contribution in [0.3, 0.4) is 0 Å². The van der Waals surface area contributed by atoms with Gasteiger partial charge in [-0.15, -0.1) is 0 Å². The van der Waals surface area contributed by atoms with Gasteiger partial charge in [-0.05, 0) is 46.5 Å². The van der Waals surface area contributed by atoms with Crippen LogP contribution in [0.2, 0.25) is 0 Å². The average Bonchev–Trinajstić information content (AvgIpc) is 2.37. The van der Waals surface area contributed by atoms with Gasteiger partial charge in [0, 0.05) is 24.7 Å². The third-order valence-corrected chi connectivity index (χ3v) is 6.49. The van der Waals surface area contributed by atoms with Crippen LogP contribution >= 0.6 is 0 Å². The molecule has 0 radical (unpaired) electrons. The molecule has 2 rings (SSSR count). The number of hydrogen-bond donors (Lipinski definition) is 1. The van der Waals surface area contributed by atoms with Crippen LogP contribution in [-0.2, 0) is 9.84 Å². The minimum absolute atomic E-state index is 0.0577. The second kappa shape index (κ2) is 6.23. The number of hydrogen-bond acceptors (Lipinski definition) is 5. The largest absolute Gasteiger partial charge is 0.297 e. The van der Waals surface area contributed by atoms with Crippen LogP contribution in [0.4, 0.5) is 0 Å². The highest BCUT2D eigenvalue weighted by Crippen LogP contribution is 2.33. The third kappa shape index (κ3) is 3.97. The molecule has 3 atom stereocenters. The Morgan fingerprint density at radius 3 is 2.71 bits per heavy atom. The predicted molar refractivity (Wildman–Crippen MR) is 83.7 cm³/mol. The lowest BCUT2D eigenvalue weighted by Crippen LogP contribution is -2.58. The molecule has 1 aliphatic heterocycles. The molecule has 0 bridgehead atoms. The molecule has 0 aromatic carbocycles. The Morgan fingerprint density at radius 2 is 2.14 bits per heavy atom. The van der Waals surface area contributed by atoms with Gasteiger partial charge < -0.3 is 0 Å². The average molecular weight is 313 g/mol. The van der Waals surface area contributed by atoms with Crippen LogP contribution in [0.25, 0.3) is 0 Å². The fourth-order valence-electron chi connectivity index (χ4n) is 3.90. The van der Waals surface area contributed by atoms with Gasteiger partial charge in [0.05, 0.1) is 17.6 Å². The van der Waals surface area contributed by atoms with Gasteiger partial charge in [0.15, 0.2) is 9.84 Å². The van der Waals surface area contributed by atoms with E-state index in [9.17, 15) is 13.7 Å². The smallest absolute Gasteiger partial charge is 0.153 e. The normalized spacial score (nSPS) is 37.3. The minimum atomic E-state index is -2.88. The minimum Gasteiger partial charge on any atom is -0.297 e. The van der Waals surface area contributed by atoms with Crippen molar-refractivity contribution in [1.29, 1.82) is 5.26 Å². The molecule has 0 spiro atoms. The van der Waals surface area contributed by atoms with E-state index >= 15 is 0 Å². The fourth-order valence-corrected chi connectivity index (χ4v) is 5.48. The van der Waals surface area contributed by atoms with Gasteiger partial charge in [-0.2, -0.15) is 5.26 Å². The van der Waals surface area contributed by atoms with Crippen molar-refractivity contribution < 1.29 is 8.42 Å². The van der Waals surface area contributed by atoms with Crippen molar-refractivity contribution in [3.63, 3.8) is 0 Å². The van der Waals surface area contributed by atoms with E-state index in [2.05, 4.69) is 30.1 Å². The van der Waals surface area contributed by atoms with Crippen LogP contribution < -0.4 is 5.32 Å². The maximum atomic E-state index is 11.7. The first kappa shape index (κ1) is 16.7. The van der Waals surface area contributed by atoms with E-state index in [0.717, 1.165) is 25.7 Å². The molecule has 1 saturated carbocycles. The fraction of sp³-hybridized carbons (Fsp3) is 0.933. The van der Waals surface area contributed by atoms with Gasteiger partial charge in [-0.1, -0.05) is 0 Å². The summed E-state index contributed by atoms with van der Waals surface area (Å²) in [6.45, 7) is 6.74. The molecule has 1 N–H and O–H groups in total. The van der Waals surface area contributed by atoms with Gasteiger partial charge in [0.25, 0.3) is 0 Å². The first-order valence-corrected chi connectivity index (χ1v) is 9.74. The van der Waals surface area contributed by atoms with Gasteiger partial charge in [0.1, 0.15) is 5.54 Å². The first-order valence-electron chi connectivity index (χ1n) is 7.92. The van der Waals surface area contributed by atoms with Gasteiger partial charge in [0.2, 0.25) is 0 Å². The van der Waals surface area contributed by atoms with Gasteiger partial charge in [-0.3, -0.25) is 10.2 Å². The van der Waals surface area contributed by atoms with E-state index in [1.54, 1.807) is 0 Å². The molecule has 1 heterocycles. The quantitative estimate of drug-likeness (QED) is 0.850. The lowest BCUT2D eigenvalue weighted by Gasteiger charge is -2.46. The van der Waals surface area contributed by atoms with Crippen molar-refractivity contribution in [2.24, 2.45) is 0 Å². The molecule has 0 aromatic rings. The van der Waals surface area contributed by atoms with Crippen LogP contribution in [0, 0.1) is 11.3 Å². The van der Waals surface area contributed by atoms with Crippen LogP contribution in [0.15, 0.2) is 0 Å². The summed E-state index contributed by atoms with van der Waals surface area (Å²) in [7, 11) is -2.88. The standard InChI is InChI=1S/C15H27N3O2S/c1-12(2)17-15(11-16)6-4-5-14(9-15)18-7-8-21(19,20)10-13(18)3/h12-14,17H,4-10H2,1-3H3. The maximum Gasteiger partial charge on any atom is 0.153 e. The third-order valence-electron chi connectivity index (χ3n) is 4.69. The highest BCUT2D eigenvalue weighted by molar-refractivity contribution is 7.91. The van der Waals surface area contributed by atoms with E-state index in [1.807, 2.05) is 6.92 Å². The second-order valence-corrected chi connectivity index (χ2v) is 9.17. The summed E-state index contributed by atoms with van der Waals surface area (Å²) in [5.74, 6) is 0.506. The van der Waals surface area contributed by atoms with Crippen molar-refractivity contribution in [3.8, 4) is 6.07 Å². The van der Waals surface area contributed by atoms with Crippen LogP contribution in [-0.4, -0.2) is 55.0 Å². The molecule has 6 heteroatoms. The Labute approximate surface area is 128 Å². The SMILES string of the molecule is CC(C)NC1(C#N)CCCC(N2CCS(=O)(=O)CC2C)C1.